The molecule has 3 rings (SSSR count). The van der Waals surface area contributed by atoms with E-state index in [0.717, 1.165) is 22.6 Å². The van der Waals surface area contributed by atoms with Gasteiger partial charge in [0.05, 0.1) is 0 Å². The summed E-state index contributed by atoms with van der Waals surface area (Å²) in [6.07, 6.45) is 1.50. The van der Waals surface area contributed by atoms with Crippen molar-refractivity contribution in [2.24, 2.45) is 0 Å². The smallest absolute Gasteiger partial charge is 0.163 e. The number of Topliss-reactive ketones (excluding diaryl/α,β-unsaturated/α-hetero) is 1. The molecule has 0 bridgehead atoms. The van der Waals surface area contributed by atoms with E-state index in [1.54, 1.807) is 24.3 Å². The van der Waals surface area contributed by atoms with Crippen LogP contribution >= 0.6 is 0 Å². The maximum atomic E-state index is 12.6. The molecule has 0 saturated carbocycles. The zero-order chi connectivity index (χ0) is 16.9. The first-order valence-corrected chi connectivity index (χ1v) is 7.92. The number of benzene rings is 3. The highest BCUT2D eigenvalue weighted by Gasteiger charge is 2.17. The van der Waals surface area contributed by atoms with E-state index in [-0.39, 0.29) is 17.5 Å². The van der Waals surface area contributed by atoms with E-state index in [1.807, 2.05) is 42.5 Å². The number of aromatic hydroxyl groups is 1. The molecule has 0 aromatic heterocycles. The number of ketones is 1. The van der Waals surface area contributed by atoms with Crippen molar-refractivity contribution in [3.63, 3.8) is 0 Å². The maximum Gasteiger partial charge on any atom is 0.163 e. The lowest BCUT2D eigenvalue weighted by molar-refractivity contribution is -0.108. The van der Waals surface area contributed by atoms with Gasteiger partial charge >= 0.3 is 0 Å². The molecule has 0 spiro atoms. The van der Waals surface area contributed by atoms with Crippen LogP contribution in [0.2, 0.25) is 0 Å². The average Bonchev–Trinajstić information content (AvgIpc) is 2.61. The van der Waals surface area contributed by atoms with Gasteiger partial charge < -0.3 is 9.90 Å². The Morgan fingerprint density at radius 3 is 2.42 bits per heavy atom. The second-order valence-corrected chi connectivity index (χ2v) is 5.88. The summed E-state index contributed by atoms with van der Waals surface area (Å²) in [5.74, 6) is 0.115. The van der Waals surface area contributed by atoms with E-state index in [2.05, 4.69) is 0 Å². The van der Waals surface area contributed by atoms with E-state index in [0.29, 0.717) is 18.4 Å². The van der Waals surface area contributed by atoms with Gasteiger partial charge in [0.2, 0.25) is 0 Å². The summed E-state index contributed by atoms with van der Waals surface area (Å²) in [6, 6.07) is 20.2. The predicted octanol–water partition coefficient (Wildman–Crippen LogP) is 4.49. The number of phenolic OH excluding ortho intramolecular Hbond substituents is 1. The molecule has 0 aliphatic carbocycles. The summed E-state index contributed by atoms with van der Waals surface area (Å²) in [5.41, 5.74) is 1.63. The third-order valence-electron chi connectivity index (χ3n) is 4.23. The normalized spacial score (nSPS) is 12.0. The summed E-state index contributed by atoms with van der Waals surface area (Å²) in [4.78, 5) is 23.6. The number of carbonyl (C=O) groups excluding carboxylic acids is 2. The molecule has 3 nitrogen and oxygen atoms in total. The van der Waals surface area contributed by atoms with Gasteiger partial charge in [-0.1, -0.05) is 48.5 Å². The fraction of sp³-hybridized carbons (Fsp3) is 0.143. The minimum absolute atomic E-state index is 0.0145. The highest BCUT2D eigenvalue weighted by atomic mass is 16.3. The Balaban J connectivity index is 1.85. The molecule has 3 heteroatoms. The molecule has 0 aliphatic heterocycles. The van der Waals surface area contributed by atoms with Crippen molar-refractivity contribution in [1.29, 1.82) is 0 Å². The van der Waals surface area contributed by atoms with Crippen LogP contribution in [0, 0.1) is 0 Å². The molecule has 3 aromatic carbocycles. The summed E-state index contributed by atoms with van der Waals surface area (Å²) >= 11 is 0. The molecule has 1 atom stereocenters. The number of carbonyl (C=O) groups is 2. The van der Waals surface area contributed by atoms with Gasteiger partial charge in [-0.05, 0) is 40.5 Å². The summed E-state index contributed by atoms with van der Waals surface area (Å²) in [5, 5.41) is 11.3. The Bertz CT molecular complexity index is 869. The minimum atomic E-state index is -0.105. The number of aldehydes is 1. The van der Waals surface area contributed by atoms with Crippen molar-refractivity contribution in [2.45, 2.75) is 18.8 Å². The van der Waals surface area contributed by atoms with Crippen LogP contribution in [0.25, 0.3) is 10.8 Å². The molecule has 0 fully saturated rings. The predicted molar refractivity (Wildman–Crippen MR) is 94.4 cm³/mol. The third kappa shape index (κ3) is 3.51. The van der Waals surface area contributed by atoms with Gasteiger partial charge in [0, 0.05) is 18.4 Å². The molecular formula is C21H18O3. The van der Waals surface area contributed by atoms with Crippen LogP contribution in [0.3, 0.4) is 0 Å². The van der Waals surface area contributed by atoms with Gasteiger partial charge in [-0.3, -0.25) is 4.79 Å². The fourth-order valence-electron chi connectivity index (χ4n) is 2.93. The summed E-state index contributed by atoms with van der Waals surface area (Å²) in [6.45, 7) is 0. The molecule has 0 radical (unpaired) electrons. The number of phenols is 1. The van der Waals surface area contributed by atoms with Gasteiger partial charge in [0.15, 0.2) is 5.78 Å². The van der Waals surface area contributed by atoms with E-state index < -0.39 is 0 Å². The molecule has 0 saturated heterocycles. The fourth-order valence-corrected chi connectivity index (χ4v) is 2.93. The van der Waals surface area contributed by atoms with Gasteiger partial charge in [0.1, 0.15) is 12.0 Å². The quantitative estimate of drug-likeness (QED) is 0.538. The van der Waals surface area contributed by atoms with Crippen molar-refractivity contribution in [3.05, 3.63) is 77.9 Å². The first kappa shape index (κ1) is 15.9. The molecule has 3 aromatic rings. The summed E-state index contributed by atoms with van der Waals surface area (Å²) in [7, 11) is 0. The Morgan fingerprint density at radius 2 is 1.67 bits per heavy atom. The summed E-state index contributed by atoms with van der Waals surface area (Å²) < 4.78 is 0. The number of hydrogen-bond acceptors (Lipinski definition) is 3. The van der Waals surface area contributed by atoms with E-state index in [4.69, 9.17) is 0 Å². The first-order chi connectivity index (χ1) is 11.7. The van der Waals surface area contributed by atoms with Crippen LogP contribution in [0.5, 0.6) is 5.75 Å². The van der Waals surface area contributed by atoms with E-state index >= 15 is 0 Å². The van der Waals surface area contributed by atoms with Crippen LogP contribution in [0.4, 0.5) is 0 Å². The van der Waals surface area contributed by atoms with Crippen molar-refractivity contribution >= 4 is 22.8 Å². The lowest BCUT2D eigenvalue weighted by Crippen LogP contribution is -2.08. The van der Waals surface area contributed by atoms with Gasteiger partial charge in [0.25, 0.3) is 0 Å². The Kier molecular flexibility index (Phi) is 4.71. The average molecular weight is 318 g/mol. The molecule has 1 N–H and O–H groups in total. The van der Waals surface area contributed by atoms with Crippen LogP contribution in [0.15, 0.2) is 66.7 Å². The maximum absolute atomic E-state index is 12.6. The number of fused-ring (bicyclic) bond motifs is 1. The highest BCUT2D eigenvalue weighted by Crippen LogP contribution is 2.26. The zero-order valence-electron chi connectivity index (χ0n) is 13.2. The molecule has 24 heavy (non-hydrogen) atoms. The SMILES string of the molecule is O=CCC(CC(=O)c1ccc2cc(O)ccc2c1)c1ccccc1. The lowest BCUT2D eigenvalue weighted by Gasteiger charge is -2.14. The molecular weight excluding hydrogens is 300 g/mol. The van der Waals surface area contributed by atoms with Gasteiger partial charge in [-0.15, -0.1) is 0 Å². The number of rotatable bonds is 6. The van der Waals surface area contributed by atoms with E-state index in [1.165, 1.54) is 0 Å². The molecule has 0 amide bonds. The molecule has 0 aliphatic rings. The first-order valence-electron chi connectivity index (χ1n) is 7.92. The highest BCUT2D eigenvalue weighted by molar-refractivity contribution is 6.00. The largest absolute Gasteiger partial charge is 0.508 e. The van der Waals surface area contributed by atoms with Crippen LogP contribution < -0.4 is 0 Å². The van der Waals surface area contributed by atoms with Crippen molar-refractivity contribution < 1.29 is 14.7 Å². The molecule has 1 unspecified atom stereocenters. The molecule has 0 heterocycles. The van der Waals surface area contributed by atoms with Crippen molar-refractivity contribution in [3.8, 4) is 5.75 Å². The molecule has 120 valence electrons. The minimum Gasteiger partial charge on any atom is -0.508 e. The van der Waals surface area contributed by atoms with E-state index in [9.17, 15) is 14.7 Å². The second-order valence-electron chi connectivity index (χ2n) is 5.88. The Labute approximate surface area is 140 Å². The van der Waals surface area contributed by atoms with Crippen LogP contribution in [-0.2, 0) is 4.79 Å². The zero-order valence-corrected chi connectivity index (χ0v) is 13.2. The lowest BCUT2D eigenvalue weighted by atomic mass is 9.89. The number of hydrogen-bond donors (Lipinski definition) is 1. The van der Waals surface area contributed by atoms with Crippen LogP contribution in [-0.4, -0.2) is 17.2 Å². The topological polar surface area (TPSA) is 54.4 Å². The second kappa shape index (κ2) is 7.09. The standard InChI is InChI=1S/C21H18O3/c22-11-10-18(15-4-2-1-3-5-15)14-21(24)19-7-6-17-13-20(23)9-8-16(17)12-19/h1-9,11-13,18,23H,10,14H2. The van der Waals surface area contributed by atoms with Gasteiger partial charge in [-0.2, -0.15) is 0 Å². The third-order valence-corrected chi connectivity index (χ3v) is 4.23. The van der Waals surface area contributed by atoms with Crippen LogP contribution in [0.1, 0.15) is 34.7 Å². The Morgan fingerprint density at radius 1 is 0.958 bits per heavy atom. The van der Waals surface area contributed by atoms with Crippen molar-refractivity contribution in [2.75, 3.05) is 0 Å². The van der Waals surface area contributed by atoms with Crippen molar-refractivity contribution in [1.82, 2.24) is 0 Å². The van der Waals surface area contributed by atoms with Gasteiger partial charge in [-0.25, -0.2) is 0 Å². The Hall–Kier alpha value is -2.94. The monoisotopic (exact) mass is 318 g/mol.